The second kappa shape index (κ2) is 6.95. The molecule has 1 fully saturated rings. The summed E-state index contributed by atoms with van der Waals surface area (Å²) in [5.41, 5.74) is -0.206. The van der Waals surface area contributed by atoms with Gasteiger partial charge in [-0.2, -0.15) is 0 Å². The van der Waals surface area contributed by atoms with Gasteiger partial charge in [0.05, 0.1) is 0 Å². The van der Waals surface area contributed by atoms with Crippen LogP contribution in [0.15, 0.2) is 12.1 Å². The zero-order chi connectivity index (χ0) is 14.0. The van der Waals surface area contributed by atoms with E-state index in [1.165, 1.54) is 0 Å². The van der Waals surface area contributed by atoms with Crippen LogP contribution in [-0.4, -0.2) is 24.5 Å². The van der Waals surface area contributed by atoms with E-state index >= 15 is 0 Å². The Bertz CT molecular complexity index is 475. The van der Waals surface area contributed by atoms with Crippen molar-refractivity contribution in [3.05, 3.63) is 35.1 Å². The minimum Gasteiger partial charge on any atom is -0.349 e. The van der Waals surface area contributed by atoms with E-state index in [4.69, 9.17) is 0 Å². The van der Waals surface area contributed by atoms with E-state index in [0.717, 1.165) is 19.4 Å². The van der Waals surface area contributed by atoms with Crippen LogP contribution < -0.4 is 10.6 Å². The second-order valence-electron chi connectivity index (χ2n) is 4.80. The van der Waals surface area contributed by atoms with Crippen LogP contribution in [-0.2, 0) is 0 Å². The van der Waals surface area contributed by atoms with Crippen LogP contribution in [0.3, 0.4) is 0 Å². The van der Waals surface area contributed by atoms with Gasteiger partial charge in [-0.05, 0) is 38.4 Å². The van der Waals surface area contributed by atoms with Crippen LogP contribution in [0.2, 0.25) is 0 Å². The number of hydrogen-bond acceptors (Lipinski definition) is 2. The molecule has 2 unspecified atom stereocenters. The summed E-state index contributed by atoms with van der Waals surface area (Å²) in [4.78, 5) is 11.8. The zero-order valence-electron chi connectivity index (χ0n) is 10.9. The van der Waals surface area contributed by atoms with Gasteiger partial charge >= 0.3 is 0 Å². The molecule has 1 heterocycles. The molecule has 0 aliphatic carbocycles. The number of benzene rings is 1. The van der Waals surface area contributed by atoms with Crippen LogP contribution >= 0.6 is 12.4 Å². The van der Waals surface area contributed by atoms with Gasteiger partial charge in [0, 0.05) is 17.6 Å². The molecule has 0 bridgehead atoms. The Morgan fingerprint density at radius 2 is 1.90 bits per heavy atom. The maximum atomic E-state index is 13.0. The zero-order valence-corrected chi connectivity index (χ0v) is 11.7. The summed E-state index contributed by atoms with van der Waals surface area (Å²) in [7, 11) is 0. The Labute approximate surface area is 121 Å². The molecule has 0 radical (unpaired) electrons. The van der Waals surface area contributed by atoms with Gasteiger partial charge in [-0.3, -0.25) is 4.79 Å². The van der Waals surface area contributed by atoms with E-state index in [1.54, 1.807) is 0 Å². The van der Waals surface area contributed by atoms with Gasteiger partial charge in [-0.1, -0.05) is 0 Å². The molecule has 1 aromatic rings. The van der Waals surface area contributed by atoms with Crippen molar-refractivity contribution in [3.8, 4) is 0 Å². The SMILES string of the molecule is CC1CC(NC(=O)c2cc(F)c(F)c(F)c2)CCN1.Cl. The molecular formula is C13H16ClF3N2O. The molecule has 1 aliphatic heterocycles. The van der Waals surface area contributed by atoms with Crippen molar-refractivity contribution in [1.29, 1.82) is 0 Å². The Hall–Kier alpha value is -1.27. The fraction of sp³-hybridized carbons (Fsp3) is 0.462. The first-order valence-electron chi connectivity index (χ1n) is 6.16. The highest BCUT2D eigenvalue weighted by atomic mass is 35.5. The molecule has 0 aromatic heterocycles. The number of carbonyl (C=O) groups is 1. The first-order valence-corrected chi connectivity index (χ1v) is 6.16. The van der Waals surface area contributed by atoms with Gasteiger partial charge in [0.25, 0.3) is 5.91 Å². The fourth-order valence-corrected chi connectivity index (χ4v) is 2.22. The van der Waals surface area contributed by atoms with Crippen molar-refractivity contribution in [1.82, 2.24) is 10.6 Å². The molecule has 20 heavy (non-hydrogen) atoms. The third kappa shape index (κ3) is 3.86. The summed E-state index contributed by atoms with van der Waals surface area (Å²) >= 11 is 0. The third-order valence-electron chi connectivity index (χ3n) is 3.20. The van der Waals surface area contributed by atoms with Crippen LogP contribution in [0, 0.1) is 17.5 Å². The largest absolute Gasteiger partial charge is 0.349 e. The number of halogens is 4. The first kappa shape index (κ1) is 16.8. The minimum atomic E-state index is -1.56. The molecule has 112 valence electrons. The van der Waals surface area contributed by atoms with Crippen molar-refractivity contribution >= 4 is 18.3 Å². The molecule has 3 nitrogen and oxygen atoms in total. The average Bonchev–Trinajstić information content (AvgIpc) is 2.35. The van der Waals surface area contributed by atoms with Gasteiger partial charge in [-0.25, -0.2) is 13.2 Å². The lowest BCUT2D eigenvalue weighted by molar-refractivity contribution is 0.0924. The van der Waals surface area contributed by atoms with Crippen LogP contribution in [0.4, 0.5) is 13.2 Å². The lowest BCUT2D eigenvalue weighted by atomic mass is 10.0. The van der Waals surface area contributed by atoms with Gasteiger partial charge in [0.1, 0.15) is 0 Å². The maximum Gasteiger partial charge on any atom is 0.251 e. The normalized spacial score (nSPS) is 22.0. The summed E-state index contributed by atoms with van der Waals surface area (Å²) in [6, 6.07) is 1.65. The van der Waals surface area contributed by atoms with E-state index in [1.807, 2.05) is 6.92 Å². The molecule has 2 N–H and O–H groups in total. The standard InChI is InChI=1S/C13H15F3N2O.ClH/c1-7-4-9(2-3-17-7)18-13(19)8-5-10(14)12(16)11(15)6-8;/h5-7,9,17H,2-4H2,1H3,(H,18,19);1H. The number of hydrogen-bond donors (Lipinski definition) is 2. The minimum absolute atomic E-state index is 0. The van der Waals surface area contributed by atoms with Crippen LogP contribution in [0.25, 0.3) is 0 Å². The molecule has 2 atom stereocenters. The van der Waals surface area contributed by atoms with E-state index < -0.39 is 23.4 Å². The van der Waals surface area contributed by atoms with Gasteiger partial charge in [-0.15, -0.1) is 12.4 Å². The number of amides is 1. The third-order valence-corrected chi connectivity index (χ3v) is 3.20. The molecule has 1 aliphatic rings. The van der Waals surface area contributed by atoms with Crippen LogP contribution in [0.1, 0.15) is 30.1 Å². The molecular weight excluding hydrogens is 293 g/mol. The van der Waals surface area contributed by atoms with E-state index in [-0.39, 0.29) is 30.1 Å². The number of carbonyl (C=O) groups excluding carboxylic acids is 1. The Morgan fingerprint density at radius 1 is 1.30 bits per heavy atom. The van der Waals surface area contributed by atoms with Gasteiger partial charge < -0.3 is 10.6 Å². The second-order valence-corrected chi connectivity index (χ2v) is 4.80. The van der Waals surface area contributed by atoms with E-state index in [9.17, 15) is 18.0 Å². The summed E-state index contributed by atoms with van der Waals surface area (Å²) in [5.74, 6) is -4.86. The number of rotatable bonds is 2. The lowest BCUT2D eigenvalue weighted by Gasteiger charge is -2.28. The van der Waals surface area contributed by atoms with Crippen molar-refractivity contribution in [2.45, 2.75) is 31.8 Å². The van der Waals surface area contributed by atoms with Gasteiger partial charge in [0.2, 0.25) is 0 Å². The molecule has 1 saturated heterocycles. The number of nitrogens with one attached hydrogen (secondary N) is 2. The Kier molecular flexibility index (Phi) is 5.83. The lowest BCUT2D eigenvalue weighted by Crippen LogP contribution is -2.46. The highest BCUT2D eigenvalue weighted by Crippen LogP contribution is 2.15. The Balaban J connectivity index is 0.00000200. The van der Waals surface area contributed by atoms with Crippen molar-refractivity contribution < 1.29 is 18.0 Å². The predicted molar refractivity (Wildman–Crippen MR) is 71.5 cm³/mol. The average molecular weight is 309 g/mol. The quantitative estimate of drug-likeness (QED) is 0.824. The summed E-state index contributed by atoms with van der Waals surface area (Å²) in [6.07, 6.45) is 1.50. The smallest absolute Gasteiger partial charge is 0.251 e. The fourth-order valence-electron chi connectivity index (χ4n) is 2.22. The van der Waals surface area contributed by atoms with Crippen molar-refractivity contribution in [3.63, 3.8) is 0 Å². The molecule has 7 heteroatoms. The summed E-state index contributed by atoms with van der Waals surface area (Å²) in [5, 5.41) is 5.93. The van der Waals surface area contributed by atoms with Crippen molar-refractivity contribution in [2.24, 2.45) is 0 Å². The molecule has 2 rings (SSSR count). The molecule has 0 spiro atoms. The topological polar surface area (TPSA) is 41.1 Å². The number of piperidine rings is 1. The van der Waals surface area contributed by atoms with Crippen LogP contribution in [0.5, 0.6) is 0 Å². The highest BCUT2D eigenvalue weighted by Gasteiger charge is 2.22. The maximum absolute atomic E-state index is 13.0. The molecule has 1 amide bonds. The first-order chi connectivity index (χ1) is 8.97. The summed E-state index contributed by atoms with van der Waals surface area (Å²) in [6.45, 7) is 2.77. The van der Waals surface area contributed by atoms with Gasteiger partial charge in [0.15, 0.2) is 17.5 Å². The van der Waals surface area contributed by atoms with Crippen molar-refractivity contribution in [2.75, 3.05) is 6.54 Å². The summed E-state index contributed by atoms with van der Waals surface area (Å²) < 4.78 is 38.9. The monoisotopic (exact) mass is 308 g/mol. The van der Waals surface area contributed by atoms with E-state index in [2.05, 4.69) is 10.6 Å². The molecule has 0 saturated carbocycles. The molecule has 1 aromatic carbocycles. The highest BCUT2D eigenvalue weighted by molar-refractivity contribution is 5.94. The predicted octanol–water partition coefficient (Wildman–Crippen LogP) is 2.40. The Morgan fingerprint density at radius 3 is 2.45 bits per heavy atom. The van der Waals surface area contributed by atoms with E-state index in [0.29, 0.717) is 12.1 Å².